The molecular weight excluding hydrogens is 461 g/mol. The summed E-state index contributed by atoms with van der Waals surface area (Å²) in [7, 11) is -2.19. The van der Waals surface area contributed by atoms with Crippen molar-refractivity contribution < 1.29 is 25.8 Å². The van der Waals surface area contributed by atoms with Gasteiger partial charge < -0.3 is 17.0 Å². The summed E-state index contributed by atoms with van der Waals surface area (Å²) in [5.74, 6) is -1.62. The summed E-state index contributed by atoms with van der Waals surface area (Å²) in [5.41, 5.74) is 0.763. The first-order valence-corrected chi connectivity index (χ1v) is 11.5. The zero-order chi connectivity index (χ0) is 20.3. The van der Waals surface area contributed by atoms with Crippen LogP contribution in [0.25, 0.3) is 0 Å². The summed E-state index contributed by atoms with van der Waals surface area (Å²) in [4.78, 5) is 0. The molecule has 0 aliphatic carbocycles. The van der Waals surface area contributed by atoms with E-state index in [2.05, 4.69) is 43.3 Å². The zero-order valence-corrected chi connectivity index (χ0v) is 19.0. The molecule has 4 heteroatoms. The molecule has 0 N–H and O–H groups in total. The van der Waals surface area contributed by atoms with E-state index >= 15 is 0 Å². The van der Waals surface area contributed by atoms with Crippen LogP contribution in [0.3, 0.4) is 0 Å². The molecule has 0 aromatic heterocycles. The number of benzene rings is 4. The van der Waals surface area contributed by atoms with Gasteiger partial charge in [0.25, 0.3) is 0 Å². The van der Waals surface area contributed by atoms with Crippen molar-refractivity contribution in [1.82, 2.24) is 0 Å². The van der Waals surface area contributed by atoms with E-state index in [-0.39, 0.29) is 22.6 Å². The highest BCUT2D eigenvalue weighted by atomic mass is 79.9. The largest absolute Gasteiger partial charge is 1.00 e. The third kappa shape index (κ3) is 3.97. The van der Waals surface area contributed by atoms with Crippen LogP contribution in [-0.2, 0) is 0 Å². The molecule has 4 rings (SSSR count). The summed E-state index contributed by atoms with van der Waals surface area (Å²) in [6, 6.07) is 35.6. The quantitative estimate of drug-likeness (QED) is 0.383. The molecule has 1 atom stereocenters. The van der Waals surface area contributed by atoms with Crippen LogP contribution >= 0.6 is 7.26 Å². The van der Waals surface area contributed by atoms with Gasteiger partial charge in [0.1, 0.15) is 28.8 Å². The van der Waals surface area contributed by atoms with E-state index in [1.165, 1.54) is 28.0 Å². The predicted molar refractivity (Wildman–Crippen MR) is 120 cm³/mol. The van der Waals surface area contributed by atoms with E-state index in [9.17, 15) is 8.78 Å². The van der Waals surface area contributed by atoms with Crippen LogP contribution in [0.2, 0.25) is 0 Å². The first kappa shape index (κ1) is 22.3. The number of halogens is 3. The molecule has 0 saturated heterocycles. The Bertz CT molecular complexity index is 989. The normalized spacial score (nSPS) is 12.1. The van der Waals surface area contributed by atoms with Crippen LogP contribution in [0.15, 0.2) is 109 Å². The molecule has 0 saturated carbocycles. The molecular formula is C26H22BrF2P. The molecule has 0 spiro atoms. The fourth-order valence-corrected chi connectivity index (χ4v) is 8.87. The van der Waals surface area contributed by atoms with E-state index in [1.54, 1.807) is 6.07 Å². The van der Waals surface area contributed by atoms with Crippen LogP contribution in [0.1, 0.15) is 18.1 Å². The molecule has 152 valence electrons. The molecule has 4 aromatic carbocycles. The third-order valence-electron chi connectivity index (χ3n) is 5.50. The number of hydrogen-bond donors (Lipinski definition) is 0. The topological polar surface area (TPSA) is 0 Å². The SMILES string of the molecule is CC(c1ccc(F)c(F)c1)[P+](c1ccccc1)(c1ccccc1)c1ccccc1.[Br-]. The fraction of sp³-hybridized carbons (Fsp3) is 0.0769. The molecule has 0 aliphatic rings. The molecule has 0 bridgehead atoms. The Labute approximate surface area is 187 Å². The average Bonchev–Trinajstić information content (AvgIpc) is 2.78. The summed E-state index contributed by atoms with van der Waals surface area (Å²) < 4.78 is 27.8. The minimum absolute atomic E-state index is 0. The highest BCUT2D eigenvalue weighted by Gasteiger charge is 2.50. The van der Waals surface area contributed by atoms with E-state index in [1.807, 2.05) is 54.6 Å². The monoisotopic (exact) mass is 482 g/mol. The lowest BCUT2D eigenvalue weighted by Gasteiger charge is -2.33. The molecule has 30 heavy (non-hydrogen) atoms. The lowest BCUT2D eigenvalue weighted by atomic mass is 10.1. The molecule has 4 aromatic rings. The van der Waals surface area contributed by atoms with Gasteiger partial charge in [-0.2, -0.15) is 0 Å². The molecule has 0 aliphatic heterocycles. The Balaban J connectivity index is 0.00000256. The van der Waals surface area contributed by atoms with Crippen molar-refractivity contribution in [1.29, 1.82) is 0 Å². The van der Waals surface area contributed by atoms with Crippen molar-refractivity contribution in [2.75, 3.05) is 0 Å². The van der Waals surface area contributed by atoms with Crippen LogP contribution in [0, 0.1) is 11.6 Å². The van der Waals surface area contributed by atoms with Gasteiger partial charge in [-0.15, -0.1) is 0 Å². The summed E-state index contributed by atoms with van der Waals surface area (Å²) in [5, 5.41) is 3.65. The van der Waals surface area contributed by atoms with Gasteiger partial charge in [-0.25, -0.2) is 8.78 Å². The van der Waals surface area contributed by atoms with Gasteiger partial charge in [0.15, 0.2) is 11.6 Å². The Morgan fingerprint density at radius 2 is 0.967 bits per heavy atom. The highest BCUT2D eigenvalue weighted by molar-refractivity contribution is 7.95. The van der Waals surface area contributed by atoms with E-state index in [4.69, 9.17) is 0 Å². The molecule has 0 nitrogen and oxygen atoms in total. The second-order valence-corrected chi connectivity index (χ2v) is 10.8. The van der Waals surface area contributed by atoms with Gasteiger partial charge >= 0.3 is 0 Å². The van der Waals surface area contributed by atoms with Gasteiger partial charge in [-0.3, -0.25) is 0 Å². The molecule has 0 heterocycles. The fourth-order valence-electron chi connectivity index (χ4n) is 4.10. The lowest BCUT2D eigenvalue weighted by Crippen LogP contribution is -3.00. The van der Waals surface area contributed by atoms with E-state index in [0.29, 0.717) is 0 Å². The first-order valence-electron chi connectivity index (χ1n) is 9.64. The van der Waals surface area contributed by atoms with Gasteiger partial charge in [-0.1, -0.05) is 60.7 Å². The summed E-state index contributed by atoms with van der Waals surface area (Å²) in [6.45, 7) is 2.13. The highest BCUT2D eigenvalue weighted by Crippen LogP contribution is 2.66. The number of rotatable bonds is 5. The Morgan fingerprint density at radius 3 is 1.33 bits per heavy atom. The van der Waals surface area contributed by atoms with Crippen LogP contribution < -0.4 is 32.9 Å². The molecule has 1 unspecified atom stereocenters. The third-order valence-corrected chi connectivity index (χ3v) is 10.3. The maximum atomic E-state index is 14.2. The van der Waals surface area contributed by atoms with Crippen LogP contribution in [-0.4, -0.2) is 0 Å². The maximum absolute atomic E-state index is 14.2. The summed E-state index contributed by atoms with van der Waals surface area (Å²) >= 11 is 0. The second kappa shape index (κ2) is 9.64. The standard InChI is InChI=1S/C26H22F2P.BrH/c1-20(21-17-18-25(27)26(28)19-21)29(22-11-5-2-6-12-22,23-13-7-3-8-14-23)24-15-9-4-10-16-24;/h2-20H,1H3;1H/q+1;/p-1. The van der Waals surface area contributed by atoms with Gasteiger partial charge in [-0.05, 0) is 61.0 Å². The van der Waals surface area contributed by atoms with Crippen LogP contribution in [0.5, 0.6) is 0 Å². The second-order valence-electron chi connectivity index (χ2n) is 7.08. The first-order chi connectivity index (χ1) is 14.1. The van der Waals surface area contributed by atoms with Crippen LogP contribution in [0.4, 0.5) is 8.78 Å². The average molecular weight is 483 g/mol. The Morgan fingerprint density at radius 1 is 0.567 bits per heavy atom. The molecule has 0 amide bonds. The van der Waals surface area contributed by atoms with Crippen molar-refractivity contribution in [3.8, 4) is 0 Å². The lowest BCUT2D eigenvalue weighted by molar-refractivity contribution is -0.00000671. The Kier molecular flexibility index (Phi) is 7.18. The van der Waals surface area contributed by atoms with Crippen molar-refractivity contribution in [3.05, 3.63) is 126 Å². The Hall–Kier alpha value is -2.35. The molecule has 0 radical (unpaired) electrons. The minimum atomic E-state index is -2.19. The van der Waals surface area contributed by atoms with E-state index in [0.717, 1.165) is 5.56 Å². The van der Waals surface area contributed by atoms with Gasteiger partial charge in [0.05, 0.1) is 0 Å². The van der Waals surface area contributed by atoms with Crippen molar-refractivity contribution in [3.63, 3.8) is 0 Å². The smallest absolute Gasteiger partial charge is 0.159 e. The molecule has 0 fully saturated rings. The van der Waals surface area contributed by atoms with Crippen molar-refractivity contribution in [2.24, 2.45) is 0 Å². The summed E-state index contributed by atoms with van der Waals surface area (Å²) in [6.07, 6.45) is 0. The number of hydrogen-bond acceptors (Lipinski definition) is 0. The van der Waals surface area contributed by atoms with Gasteiger partial charge in [0, 0.05) is 0 Å². The maximum Gasteiger partial charge on any atom is 0.159 e. The zero-order valence-electron chi connectivity index (χ0n) is 16.6. The van der Waals surface area contributed by atoms with Crippen molar-refractivity contribution >= 4 is 23.2 Å². The van der Waals surface area contributed by atoms with Crippen molar-refractivity contribution in [2.45, 2.75) is 12.6 Å². The van der Waals surface area contributed by atoms with E-state index < -0.39 is 18.9 Å². The predicted octanol–water partition coefficient (Wildman–Crippen LogP) is 3.02. The minimum Gasteiger partial charge on any atom is -1.00 e. The van der Waals surface area contributed by atoms with Gasteiger partial charge in [0.2, 0.25) is 0 Å².